The number of β-amino-alcohol motifs (C(OH)–C–C–N with tert-alkyl or cyclic N) is 1. The van der Waals surface area contributed by atoms with Gasteiger partial charge in [0, 0.05) is 58.4 Å². The normalized spacial score (nSPS) is 20.7. The van der Waals surface area contributed by atoms with Crippen LogP contribution < -0.4 is 4.90 Å². The summed E-state index contributed by atoms with van der Waals surface area (Å²) < 4.78 is 38.3. The summed E-state index contributed by atoms with van der Waals surface area (Å²) in [5.74, 6) is 0.151. The summed E-state index contributed by atoms with van der Waals surface area (Å²) in [5, 5.41) is 10.2. The van der Waals surface area contributed by atoms with Gasteiger partial charge in [-0.05, 0) is 12.5 Å². The molecule has 2 fully saturated rings. The first-order valence-electron chi connectivity index (χ1n) is 8.66. The molecule has 7 nitrogen and oxygen atoms in total. The summed E-state index contributed by atoms with van der Waals surface area (Å²) >= 11 is 0. The molecule has 0 aromatic carbocycles. The Bertz CT molecular complexity index is 635. The number of alkyl halides is 3. The summed E-state index contributed by atoms with van der Waals surface area (Å²) in [6, 6.07) is 0.857. The fourth-order valence-corrected chi connectivity index (χ4v) is 3.30. The van der Waals surface area contributed by atoms with Crippen LogP contribution >= 0.6 is 0 Å². The highest BCUT2D eigenvalue weighted by molar-refractivity contribution is 5.78. The summed E-state index contributed by atoms with van der Waals surface area (Å²) in [6.07, 6.45) is -2.62. The van der Waals surface area contributed by atoms with Crippen LogP contribution in [-0.2, 0) is 11.0 Å². The molecular formula is C16H22F3N5O2. The van der Waals surface area contributed by atoms with E-state index in [0.717, 1.165) is 18.7 Å². The number of anilines is 1. The Morgan fingerprint density at radius 1 is 1.15 bits per heavy atom. The van der Waals surface area contributed by atoms with Crippen LogP contribution in [0.2, 0.25) is 0 Å². The second-order valence-electron chi connectivity index (χ2n) is 6.62. The third kappa shape index (κ3) is 4.61. The first kappa shape index (κ1) is 18.8. The molecule has 0 aliphatic carbocycles. The summed E-state index contributed by atoms with van der Waals surface area (Å²) in [5.41, 5.74) is -0.948. The molecule has 144 valence electrons. The molecule has 3 heterocycles. The zero-order chi connectivity index (χ0) is 18.7. The van der Waals surface area contributed by atoms with E-state index < -0.39 is 18.0 Å². The van der Waals surface area contributed by atoms with Gasteiger partial charge in [-0.1, -0.05) is 0 Å². The molecule has 1 amide bonds. The zero-order valence-electron chi connectivity index (χ0n) is 14.3. The van der Waals surface area contributed by atoms with Crippen molar-refractivity contribution >= 4 is 11.9 Å². The molecule has 1 aromatic heterocycles. The van der Waals surface area contributed by atoms with Crippen molar-refractivity contribution in [3.05, 3.63) is 18.0 Å². The van der Waals surface area contributed by atoms with Gasteiger partial charge in [-0.25, -0.2) is 9.97 Å². The van der Waals surface area contributed by atoms with Crippen molar-refractivity contribution in [2.45, 2.75) is 25.1 Å². The van der Waals surface area contributed by atoms with Crippen molar-refractivity contribution in [1.82, 2.24) is 19.8 Å². The standard InChI is InChI=1S/C16H22F3N5O2/c17-16(18,19)13-3-4-20-15(21-13)23-8-6-22(7-9-23)10-12(25)11-24-5-1-2-14(24)26/h3-4,12,25H,1-2,5-11H2. The minimum atomic E-state index is -4.49. The molecule has 1 N–H and O–H groups in total. The molecule has 26 heavy (non-hydrogen) atoms. The Kier molecular flexibility index (Phi) is 5.61. The number of carbonyl (C=O) groups is 1. The fourth-order valence-electron chi connectivity index (χ4n) is 3.30. The minimum Gasteiger partial charge on any atom is -0.390 e. The number of likely N-dealkylation sites (tertiary alicyclic amines) is 1. The van der Waals surface area contributed by atoms with Gasteiger partial charge in [-0.2, -0.15) is 13.2 Å². The van der Waals surface area contributed by atoms with Gasteiger partial charge in [0.2, 0.25) is 11.9 Å². The Morgan fingerprint density at radius 3 is 2.50 bits per heavy atom. The van der Waals surface area contributed by atoms with E-state index in [9.17, 15) is 23.1 Å². The Morgan fingerprint density at radius 2 is 1.88 bits per heavy atom. The van der Waals surface area contributed by atoms with Crippen molar-refractivity contribution in [1.29, 1.82) is 0 Å². The Labute approximate surface area is 149 Å². The average molecular weight is 373 g/mol. The molecule has 10 heteroatoms. The van der Waals surface area contributed by atoms with Gasteiger partial charge >= 0.3 is 6.18 Å². The number of aliphatic hydroxyl groups is 1. The molecule has 0 saturated carbocycles. The van der Waals surface area contributed by atoms with E-state index in [0.29, 0.717) is 52.2 Å². The molecule has 1 atom stereocenters. The summed E-state index contributed by atoms with van der Waals surface area (Å²) in [6.45, 7) is 3.59. The van der Waals surface area contributed by atoms with Crippen molar-refractivity contribution in [2.24, 2.45) is 0 Å². The molecule has 0 spiro atoms. The number of halogens is 3. The summed E-state index contributed by atoms with van der Waals surface area (Å²) in [4.78, 5) is 24.6. The molecule has 2 aliphatic heterocycles. The predicted molar refractivity (Wildman–Crippen MR) is 87.5 cm³/mol. The number of hydrogen-bond acceptors (Lipinski definition) is 6. The van der Waals surface area contributed by atoms with Crippen LogP contribution in [0.1, 0.15) is 18.5 Å². The maximum absolute atomic E-state index is 12.8. The monoisotopic (exact) mass is 373 g/mol. The third-order valence-electron chi connectivity index (χ3n) is 4.66. The van der Waals surface area contributed by atoms with E-state index in [1.165, 1.54) is 0 Å². The highest BCUT2D eigenvalue weighted by atomic mass is 19.4. The molecule has 3 rings (SSSR count). The topological polar surface area (TPSA) is 72.8 Å². The van der Waals surface area contributed by atoms with Crippen LogP contribution in [0.4, 0.5) is 19.1 Å². The van der Waals surface area contributed by atoms with E-state index in [1.807, 2.05) is 4.90 Å². The number of aliphatic hydroxyl groups excluding tert-OH is 1. The third-order valence-corrected chi connectivity index (χ3v) is 4.66. The smallest absolute Gasteiger partial charge is 0.390 e. The van der Waals surface area contributed by atoms with Crippen LogP contribution in [0, 0.1) is 0 Å². The van der Waals surface area contributed by atoms with Gasteiger partial charge in [0.1, 0.15) is 5.69 Å². The number of nitrogens with zero attached hydrogens (tertiary/aromatic N) is 5. The van der Waals surface area contributed by atoms with Crippen LogP contribution in [0.15, 0.2) is 12.3 Å². The number of piperazine rings is 1. The molecule has 1 unspecified atom stereocenters. The van der Waals surface area contributed by atoms with E-state index in [-0.39, 0.29) is 11.9 Å². The van der Waals surface area contributed by atoms with E-state index in [4.69, 9.17) is 0 Å². The molecular weight excluding hydrogens is 351 g/mol. The predicted octanol–water partition coefficient (Wildman–Crippen LogP) is 0.601. The highest BCUT2D eigenvalue weighted by Crippen LogP contribution is 2.28. The second kappa shape index (κ2) is 7.75. The fraction of sp³-hybridized carbons (Fsp3) is 0.688. The van der Waals surface area contributed by atoms with Gasteiger partial charge in [0.25, 0.3) is 0 Å². The minimum absolute atomic E-state index is 0.0719. The second-order valence-corrected chi connectivity index (χ2v) is 6.62. The lowest BCUT2D eigenvalue weighted by atomic mass is 10.2. The number of aromatic nitrogens is 2. The molecule has 2 aliphatic rings. The Balaban J connectivity index is 1.49. The lowest BCUT2D eigenvalue weighted by Crippen LogP contribution is -2.50. The van der Waals surface area contributed by atoms with Crippen molar-refractivity contribution in [3.8, 4) is 0 Å². The largest absolute Gasteiger partial charge is 0.433 e. The van der Waals surface area contributed by atoms with Gasteiger partial charge in [0.15, 0.2) is 0 Å². The van der Waals surface area contributed by atoms with E-state index in [2.05, 4.69) is 9.97 Å². The summed E-state index contributed by atoms with van der Waals surface area (Å²) in [7, 11) is 0. The first-order valence-corrected chi connectivity index (χ1v) is 8.66. The Hall–Kier alpha value is -1.94. The van der Waals surface area contributed by atoms with Gasteiger partial charge in [0.05, 0.1) is 6.10 Å². The van der Waals surface area contributed by atoms with Crippen molar-refractivity contribution < 1.29 is 23.1 Å². The maximum Gasteiger partial charge on any atom is 0.433 e. The number of amides is 1. The maximum atomic E-state index is 12.8. The van der Waals surface area contributed by atoms with Crippen LogP contribution in [0.25, 0.3) is 0 Å². The molecule has 0 bridgehead atoms. The average Bonchev–Trinajstić information content (AvgIpc) is 2.99. The van der Waals surface area contributed by atoms with Gasteiger partial charge in [-0.15, -0.1) is 0 Å². The van der Waals surface area contributed by atoms with Crippen LogP contribution in [0.3, 0.4) is 0 Å². The lowest BCUT2D eigenvalue weighted by Gasteiger charge is -2.36. The van der Waals surface area contributed by atoms with Gasteiger partial charge in [-0.3, -0.25) is 9.69 Å². The number of hydrogen-bond donors (Lipinski definition) is 1. The SMILES string of the molecule is O=C1CCCN1CC(O)CN1CCN(c2nccc(C(F)(F)F)n2)CC1. The van der Waals surface area contributed by atoms with Crippen LogP contribution in [-0.4, -0.2) is 82.7 Å². The molecule has 1 aromatic rings. The lowest BCUT2D eigenvalue weighted by molar-refractivity contribution is -0.141. The van der Waals surface area contributed by atoms with Crippen LogP contribution in [0.5, 0.6) is 0 Å². The zero-order valence-corrected chi connectivity index (χ0v) is 14.3. The number of rotatable bonds is 5. The van der Waals surface area contributed by atoms with Gasteiger partial charge < -0.3 is 14.9 Å². The molecule has 0 radical (unpaired) electrons. The van der Waals surface area contributed by atoms with Crippen molar-refractivity contribution in [2.75, 3.05) is 50.7 Å². The first-order chi connectivity index (χ1) is 12.3. The number of carbonyl (C=O) groups excluding carboxylic acids is 1. The van der Waals surface area contributed by atoms with Crippen molar-refractivity contribution in [3.63, 3.8) is 0 Å². The quantitative estimate of drug-likeness (QED) is 0.815. The van der Waals surface area contributed by atoms with E-state index in [1.54, 1.807) is 9.80 Å². The highest BCUT2D eigenvalue weighted by Gasteiger charge is 2.33. The molecule has 2 saturated heterocycles. The van der Waals surface area contributed by atoms with E-state index >= 15 is 0 Å².